The van der Waals surface area contributed by atoms with E-state index in [0.29, 0.717) is 20.7 Å². The lowest BCUT2D eigenvalue weighted by Crippen LogP contribution is -2.14. The topological polar surface area (TPSA) is 46.2 Å². The maximum Gasteiger partial charge on any atom is 0.262 e. The quantitative estimate of drug-likeness (QED) is 0.858. The van der Waals surface area contributed by atoms with Crippen molar-refractivity contribution in [3.8, 4) is 0 Å². The Balaban J connectivity index is 2.40. The number of anilines is 1. The van der Waals surface area contributed by atoms with Gasteiger partial charge in [0.25, 0.3) is 10.0 Å². The van der Waals surface area contributed by atoms with Crippen molar-refractivity contribution in [2.24, 2.45) is 0 Å². The second kappa shape index (κ2) is 5.76. The number of aryl methyl sites for hydroxylation is 2. The summed E-state index contributed by atoms with van der Waals surface area (Å²) in [5.74, 6) is 0. The first-order valence-electron chi connectivity index (χ1n) is 5.85. The maximum atomic E-state index is 12.4. The predicted molar refractivity (Wildman–Crippen MR) is 85.9 cm³/mol. The highest BCUT2D eigenvalue weighted by Gasteiger charge is 2.17. The molecule has 0 unspecified atom stereocenters. The Morgan fingerprint density at radius 3 is 2.35 bits per heavy atom. The van der Waals surface area contributed by atoms with Crippen LogP contribution in [0.15, 0.2) is 45.8 Å². The van der Waals surface area contributed by atoms with Crippen LogP contribution in [0.4, 0.5) is 5.69 Å². The summed E-state index contributed by atoms with van der Waals surface area (Å²) in [5, 5.41) is 0.524. The normalized spacial score (nSPS) is 11.4. The summed E-state index contributed by atoms with van der Waals surface area (Å²) in [7, 11) is -3.63. The van der Waals surface area contributed by atoms with Gasteiger partial charge in [0.2, 0.25) is 0 Å². The first-order chi connectivity index (χ1) is 9.29. The van der Waals surface area contributed by atoms with Gasteiger partial charge >= 0.3 is 0 Å². The molecule has 0 radical (unpaired) electrons. The highest BCUT2D eigenvalue weighted by atomic mass is 79.9. The van der Waals surface area contributed by atoms with Crippen LogP contribution in [0.3, 0.4) is 0 Å². The zero-order chi connectivity index (χ0) is 14.9. The van der Waals surface area contributed by atoms with E-state index in [9.17, 15) is 8.42 Å². The molecule has 0 fully saturated rings. The first-order valence-corrected chi connectivity index (χ1v) is 8.50. The summed E-state index contributed by atoms with van der Waals surface area (Å²) in [6.45, 7) is 3.61. The van der Waals surface area contributed by atoms with Gasteiger partial charge in [-0.3, -0.25) is 4.72 Å². The Morgan fingerprint density at radius 2 is 1.70 bits per heavy atom. The fourth-order valence-electron chi connectivity index (χ4n) is 1.73. The number of sulfonamides is 1. The molecule has 0 saturated heterocycles. The molecule has 0 aliphatic carbocycles. The van der Waals surface area contributed by atoms with Crippen LogP contribution in [0, 0.1) is 13.8 Å². The summed E-state index contributed by atoms with van der Waals surface area (Å²) in [4.78, 5) is 0.239. The first kappa shape index (κ1) is 15.4. The van der Waals surface area contributed by atoms with E-state index in [-0.39, 0.29) is 4.90 Å². The van der Waals surface area contributed by atoms with Crippen LogP contribution in [0.2, 0.25) is 5.02 Å². The zero-order valence-corrected chi connectivity index (χ0v) is 14.1. The number of rotatable bonds is 3. The van der Waals surface area contributed by atoms with Crippen molar-refractivity contribution in [1.82, 2.24) is 0 Å². The molecule has 6 heteroatoms. The van der Waals surface area contributed by atoms with E-state index in [4.69, 9.17) is 11.6 Å². The zero-order valence-electron chi connectivity index (χ0n) is 10.9. The van der Waals surface area contributed by atoms with Crippen molar-refractivity contribution in [1.29, 1.82) is 0 Å². The number of nitrogens with one attached hydrogen (secondary N) is 1. The smallest absolute Gasteiger partial charge is 0.262 e. The van der Waals surface area contributed by atoms with Gasteiger partial charge in [-0.1, -0.05) is 39.7 Å². The second-order valence-corrected chi connectivity index (χ2v) is 7.45. The second-order valence-electron chi connectivity index (χ2n) is 4.48. The van der Waals surface area contributed by atoms with Gasteiger partial charge in [0.15, 0.2) is 0 Å². The molecule has 0 aliphatic heterocycles. The molecule has 20 heavy (non-hydrogen) atoms. The Labute approximate surface area is 132 Å². The summed E-state index contributed by atoms with van der Waals surface area (Å²) in [6, 6.07) is 10.2. The average molecular weight is 375 g/mol. The van der Waals surface area contributed by atoms with Gasteiger partial charge in [-0.2, -0.15) is 0 Å². The van der Waals surface area contributed by atoms with E-state index in [2.05, 4.69) is 20.7 Å². The predicted octanol–water partition coefficient (Wildman–Crippen LogP) is 4.52. The van der Waals surface area contributed by atoms with Crippen molar-refractivity contribution < 1.29 is 8.42 Å². The van der Waals surface area contributed by atoms with Crippen molar-refractivity contribution in [2.75, 3.05) is 4.72 Å². The lowest BCUT2D eigenvalue weighted by molar-refractivity contribution is 0.600. The van der Waals surface area contributed by atoms with E-state index in [1.807, 2.05) is 6.92 Å². The summed E-state index contributed by atoms with van der Waals surface area (Å²) in [6.07, 6.45) is 0. The third-order valence-electron chi connectivity index (χ3n) is 2.86. The SMILES string of the molecule is Cc1ccc(NS(=O)(=O)c2cc(Br)ccc2C)cc1Cl. The third kappa shape index (κ3) is 3.34. The fourth-order valence-corrected chi connectivity index (χ4v) is 3.74. The minimum Gasteiger partial charge on any atom is -0.280 e. The Bertz CT molecular complexity index is 760. The standard InChI is InChI=1S/C14H13BrClNO2S/c1-9-4-6-12(8-13(9)16)17-20(18,19)14-7-11(15)5-3-10(14)2/h3-8,17H,1-2H3. The molecule has 2 aromatic carbocycles. The monoisotopic (exact) mass is 373 g/mol. The van der Waals surface area contributed by atoms with Crippen molar-refractivity contribution >= 4 is 43.2 Å². The van der Waals surface area contributed by atoms with Gasteiger partial charge in [0, 0.05) is 9.50 Å². The largest absolute Gasteiger partial charge is 0.280 e. The van der Waals surface area contributed by atoms with Crippen LogP contribution in [0.1, 0.15) is 11.1 Å². The molecule has 0 heterocycles. The summed E-state index contributed by atoms with van der Waals surface area (Å²) < 4.78 is 28.0. The Morgan fingerprint density at radius 1 is 1.05 bits per heavy atom. The van der Waals surface area contributed by atoms with E-state index in [1.54, 1.807) is 43.3 Å². The van der Waals surface area contributed by atoms with E-state index < -0.39 is 10.0 Å². The third-order valence-corrected chi connectivity index (χ3v) is 5.29. The van der Waals surface area contributed by atoms with Crippen molar-refractivity contribution in [3.05, 3.63) is 57.0 Å². The lowest BCUT2D eigenvalue weighted by atomic mass is 10.2. The van der Waals surface area contributed by atoms with Gasteiger partial charge in [0.05, 0.1) is 10.6 Å². The molecule has 0 amide bonds. The summed E-state index contributed by atoms with van der Waals surface area (Å²) in [5.41, 5.74) is 2.02. The van der Waals surface area contributed by atoms with Gasteiger partial charge in [0.1, 0.15) is 0 Å². The highest BCUT2D eigenvalue weighted by Crippen LogP contribution is 2.25. The fraction of sp³-hybridized carbons (Fsp3) is 0.143. The molecule has 0 spiro atoms. The average Bonchev–Trinajstić information content (AvgIpc) is 2.36. The molecule has 3 nitrogen and oxygen atoms in total. The van der Waals surface area contributed by atoms with Crippen molar-refractivity contribution in [2.45, 2.75) is 18.7 Å². The van der Waals surface area contributed by atoms with Crippen LogP contribution in [-0.4, -0.2) is 8.42 Å². The van der Waals surface area contributed by atoms with Gasteiger partial charge < -0.3 is 0 Å². The molecule has 0 aromatic heterocycles. The molecule has 1 N–H and O–H groups in total. The van der Waals surface area contributed by atoms with Crippen LogP contribution < -0.4 is 4.72 Å². The maximum absolute atomic E-state index is 12.4. The van der Waals surface area contributed by atoms with Crippen molar-refractivity contribution in [3.63, 3.8) is 0 Å². The molecule has 0 atom stereocenters. The molecule has 0 aliphatic rings. The minimum atomic E-state index is -3.63. The van der Waals surface area contributed by atoms with Crippen LogP contribution in [-0.2, 0) is 10.0 Å². The Hall–Kier alpha value is -1.04. The number of halogens is 2. The number of hydrogen-bond acceptors (Lipinski definition) is 2. The van der Waals surface area contributed by atoms with Gasteiger partial charge in [-0.15, -0.1) is 0 Å². The molecule has 2 aromatic rings. The lowest BCUT2D eigenvalue weighted by Gasteiger charge is -2.11. The minimum absolute atomic E-state index is 0.239. The van der Waals surface area contributed by atoms with Gasteiger partial charge in [-0.25, -0.2) is 8.42 Å². The highest BCUT2D eigenvalue weighted by molar-refractivity contribution is 9.10. The molecule has 0 bridgehead atoms. The van der Waals surface area contributed by atoms with Crippen LogP contribution in [0.25, 0.3) is 0 Å². The molecule has 106 valence electrons. The van der Waals surface area contributed by atoms with Crippen LogP contribution >= 0.6 is 27.5 Å². The Kier molecular flexibility index (Phi) is 4.42. The van der Waals surface area contributed by atoms with Crippen LogP contribution in [0.5, 0.6) is 0 Å². The molecular weight excluding hydrogens is 362 g/mol. The summed E-state index contributed by atoms with van der Waals surface area (Å²) >= 11 is 9.28. The van der Waals surface area contributed by atoms with E-state index in [1.165, 1.54) is 0 Å². The number of hydrogen-bond donors (Lipinski definition) is 1. The van der Waals surface area contributed by atoms with Gasteiger partial charge in [-0.05, 0) is 49.2 Å². The number of benzene rings is 2. The molecule has 0 saturated carbocycles. The molecule has 2 rings (SSSR count). The van der Waals surface area contributed by atoms with E-state index in [0.717, 1.165) is 5.56 Å². The molecular formula is C14H13BrClNO2S. The van der Waals surface area contributed by atoms with E-state index >= 15 is 0 Å².